The van der Waals surface area contributed by atoms with Crippen LogP contribution in [0.5, 0.6) is 5.75 Å². The number of hydrogen-bond donors (Lipinski definition) is 1. The molecular weight excluding hydrogens is 286 g/mol. The molecule has 0 saturated heterocycles. The molecule has 0 aliphatic carbocycles. The molecule has 1 atom stereocenters. The van der Waals surface area contributed by atoms with Gasteiger partial charge in [0.25, 0.3) is 0 Å². The number of ether oxygens (including phenoxy) is 1. The Hall–Kier alpha value is -1.36. The van der Waals surface area contributed by atoms with Gasteiger partial charge in [-0.15, -0.1) is 22.7 Å². The van der Waals surface area contributed by atoms with Gasteiger partial charge in [0.2, 0.25) is 0 Å². The van der Waals surface area contributed by atoms with E-state index in [1.165, 1.54) is 19.8 Å². The van der Waals surface area contributed by atoms with Crippen molar-refractivity contribution >= 4 is 32.1 Å². The van der Waals surface area contributed by atoms with Crippen molar-refractivity contribution in [1.29, 1.82) is 0 Å². The molecule has 0 spiro atoms. The van der Waals surface area contributed by atoms with Gasteiger partial charge in [-0.1, -0.05) is 12.1 Å². The second-order valence-electron chi connectivity index (χ2n) is 4.69. The molecule has 1 N–H and O–H groups in total. The minimum atomic E-state index is 0.353. The molecule has 2 heterocycles. The Morgan fingerprint density at radius 3 is 2.85 bits per heavy atom. The molecule has 3 aromatic rings. The highest BCUT2D eigenvalue weighted by Gasteiger charge is 2.14. The van der Waals surface area contributed by atoms with Crippen LogP contribution < -0.4 is 10.1 Å². The third-order valence-corrected chi connectivity index (χ3v) is 5.63. The highest BCUT2D eigenvalue weighted by atomic mass is 32.1. The largest absolute Gasteiger partial charge is 0.497 e. The molecule has 0 bridgehead atoms. The van der Waals surface area contributed by atoms with E-state index in [0.29, 0.717) is 6.04 Å². The van der Waals surface area contributed by atoms with Gasteiger partial charge in [0, 0.05) is 20.3 Å². The van der Waals surface area contributed by atoms with Crippen LogP contribution >= 0.6 is 22.7 Å². The SMILES string of the molecule is CNC(Cc1cccc(OC)c1)c1cc2sccc2s1. The average molecular weight is 303 g/mol. The summed E-state index contributed by atoms with van der Waals surface area (Å²) < 4.78 is 8.07. The number of thiophene rings is 2. The first-order valence-corrected chi connectivity index (χ1v) is 8.27. The predicted molar refractivity (Wildman–Crippen MR) is 88.2 cm³/mol. The summed E-state index contributed by atoms with van der Waals surface area (Å²) in [6.07, 6.45) is 0.974. The normalized spacial score (nSPS) is 12.7. The molecular formula is C16H17NOS2. The fourth-order valence-electron chi connectivity index (χ4n) is 2.34. The van der Waals surface area contributed by atoms with E-state index in [0.717, 1.165) is 12.2 Å². The summed E-state index contributed by atoms with van der Waals surface area (Å²) in [4.78, 5) is 1.40. The van der Waals surface area contributed by atoms with Gasteiger partial charge < -0.3 is 10.1 Å². The van der Waals surface area contributed by atoms with Crippen molar-refractivity contribution in [1.82, 2.24) is 5.32 Å². The van der Waals surface area contributed by atoms with Crippen LogP contribution in [0.2, 0.25) is 0 Å². The van der Waals surface area contributed by atoms with Gasteiger partial charge in [-0.05, 0) is 48.7 Å². The van der Waals surface area contributed by atoms with Gasteiger partial charge in [-0.2, -0.15) is 0 Å². The number of rotatable bonds is 5. The monoisotopic (exact) mass is 303 g/mol. The van der Waals surface area contributed by atoms with Crippen LogP contribution in [0.3, 0.4) is 0 Å². The standard InChI is InChI=1S/C16H17NOS2/c1-17-13(9-11-4-3-5-12(8-11)18-2)15-10-16-14(20-15)6-7-19-16/h3-8,10,13,17H,9H2,1-2H3. The van der Waals surface area contributed by atoms with Crippen LogP contribution in [-0.4, -0.2) is 14.2 Å². The summed E-state index contributed by atoms with van der Waals surface area (Å²) in [5, 5.41) is 5.58. The fourth-order valence-corrected chi connectivity index (χ4v) is 4.57. The van der Waals surface area contributed by atoms with E-state index in [4.69, 9.17) is 4.74 Å². The van der Waals surface area contributed by atoms with E-state index in [9.17, 15) is 0 Å². The lowest BCUT2D eigenvalue weighted by Crippen LogP contribution is -2.17. The number of nitrogens with one attached hydrogen (secondary N) is 1. The third-order valence-electron chi connectivity index (χ3n) is 3.42. The second-order valence-corrected chi connectivity index (χ2v) is 6.76. The number of benzene rings is 1. The van der Waals surface area contributed by atoms with Crippen molar-refractivity contribution in [3.63, 3.8) is 0 Å². The van der Waals surface area contributed by atoms with E-state index >= 15 is 0 Å². The summed E-state index contributed by atoms with van der Waals surface area (Å²) >= 11 is 3.69. The molecule has 1 unspecified atom stereocenters. The zero-order valence-corrected chi connectivity index (χ0v) is 13.2. The first kappa shape index (κ1) is 13.6. The van der Waals surface area contributed by atoms with Crippen LogP contribution in [-0.2, 0) is 6.42 Å². The summed E-state index contributed by atoms with van der Waals surface area (Å²) in [5.74, 6) is 0.921. The molecule has 20 heavy (non-hydrogen) atoms. The molecule has 1 aromatic carbocycles. The van der Waals surface area contributed by atoms with E-state index in [1.807, 2.05) is 41.9 Å². The maximum atomic E-state index is 5.30. The maximum absolute atomic E-state index is 5.30. The average Bonchev–Trinajstić information content (AvgIpc) is 3.06. The quantitative estimate of drug-likeness (QED) is 0.750. The molecule has 0 saturated carbocycles. The van der Waals surface area contributed by atoms with E-state index in [-0.39, 0.29) is 0 Å². The molecule has 4 heteroatoms. The zero-order valence-electron chi connectivity index (χ0n) is 11.6. The van der Waals surface area contributed by atoms with Crippen LogP contribution in [0.1, 0.15) is 16.5 Å². The molecule has 0 amide bonds. The minimum absolute atomic E-state index is 0.353. The van der Waals surface area contributed by atoms with Crippen LogP contribution in [0.25, 0.3) is 9.40 Å². The Morgan fingerprint density at radius 2 is 2.10 bits per heavy atom. The van der Waals surface area contributed by atoms with Crippen LogP contribution in [0, 0.1) is 0 Å². The van der Waals surface area contributed by atoms with Gasteiger partial charge in [0.05, 0.1) is 7.11 Å². The smallest absolute Gasteiger partial charge is 0.119 e. The number of likely N-dealkylation sites (N-methyl/N-ethyl adjacent to an activating group) is 1. The molecule has 0 fully saturated rings. The van der Waals surface area contributed by atoms with Crippen molar-refractivity contribution in [2.24, 2.45) is 0 Å². The van der Waals surface area contributed by atoms with Crippen molar-refractivity contribution in [3.8, 4) is 5.75 Å². The number of methoxy groups -OCH3 is 1. The molecule has 2 aromatic heterocycles. The first-order valence-electron chi connectivity index (χ1n) is 6.57. The van der Waals surface area contributed by atoms with Crippen LogP contribution in [0.15, 0.2) is 41.8 Å². The maximum Gasteiger partial charge on any atom is 0.119 e. The van der Waals surface area contributed by atoms with Crippen molar-refractivity contribution in [3.05, 3.63) is 52.2 Å². The summed E-state index contributed by atoms with van der Waals surface area (Å²) in [7, 11) is 3.74. The summed E-state index contributed by atoms with van der Waals surface area (Å²) in [6, 6.07) is 13.2. The number of fused-ring (bicyclic) bond motifs is 1. The van der Waals surface area contributed by atoms with Gasteiger partial charge in [0.15, 0.2) is 0 Å². The van der Waals surface area contributed by atoms with E-state index in [1.54, 1.807) is 7.11 Å². The van der Waals surface area contributed by atoms with Gasteiger partial charge in [0.1, 0.15) is 5.75 Å². The lowest BCUT2D eigenvalue weighted by atomic mass is 10.0. The molecule has 3 rings (SSSR count). The van der Waals surface area contributed by atoms with Gasteiger partial charge >= 0.3 is 0 Å². The second kappa shape index (κ2) is 5.95. The van der Waals surface area contributed by atoms with E-state index in [2.05, 4.69) is 35.0 Å². The topological polar surface area (TPSA) is 21.3 Å². The number of hydrogen-bond acceptors (Lipinski definition) is 4. The van der Waals surface area contributed by atoms with Crippen LogP contribution in [0.4, 0.5) is 0 Å². The Labute approximate surface area is 127 Å². The fraction of sp³-hybridized carbons (Fsp3) is 0.250. The van der Waals surface area contributed by atoms with Crippen molar-refractivity contribution < 1.29 is 4.74 Å². The molecule has 0 radical (unpaired) electrons. The first-order chi connectivity index (χ1) is 9.80. The van der Waals surface area contributed by atoms with Crippen molar-refractivity contribution in [2.45, 2.75) is 12.5 Å². The molecule has 2 nitrogen and oxygen atoms in total. The Morgan fingerprint density at radius 1 is 1.20 bits per heavy atom. The van der Waals surface area contributed by atoms with E-state index < -0.39 is 0 Å². The highest BCUT2D eigenvalue weighted by Crippen LogP contribution is 2.34. The van der Waals surface area contributed by atoms with Gasteiger partial charge in [-0.3, -0.25) is 0 Å². The Kier molecular flexibility index (Phi) is 4.05. The predicted octanol–water partition coefficient (Wildman–Crippen LogP) is 4.47. The molecule has 0 aliphatic heterocycles. The third kappa shape index (κ3) is 2.73. The zero-order chi connectivity index (χ0) is 13.9. The lowest BCUT2D eigenvalue weighted by Gasteiger charge is -2.15. The molecule has 0 aliphatic rings. The molecule has 104 valence electrons. The highest BCUT2D eigenvalue weighted by molar-refractivity contribution is 7.26. The minimum Gasteiger partial charge on any atom is -0.497 e. The van der Waals surface area contributed by atoms with Crippen molar-refractivity contribution in [2.75, 3.05) is 14.2 Å². The summed E-state index contributed by atoms with van der Waals surface area (Å²) in [5.41, 5.74) is 1.29. The van der Waals surface area contributed by atoms with Gasteiger partial charge in [-0.25, -0.2) is 0 Å². The summed E-state index contributed by atoms with van der Waals surface area (Å²) in [6.45, 7) is 0. The lowest BCUT2D eigenvalue weighted by molar-refractivity contribution is 0.414. The Bertz CT molecular complexity index is 673. The Balaban J connectivity index is 1.84.